The Balaban J connectivity index is 1.37. The van der Waals surface area contributed by atoms with E-state index < -0.39 is 0 Å². The predicted octanol–water partition coefficient (Wildman–Crippen LogP) is 12.5. The summed E-state index contributed by atoms with van der Waals surface area (Å²) in [5.74, 6) is 0. The summed E-state index contributed by atoms with van der Waals surface area (Å²) >= 11 is 1.88. The third-order valence-corrected chi connectivity index (χ3v) is 9.47. The van der Waals surface area contributed by atoms with E-state index in [9.17, 15) is 0 Å². The summed E-state index contributed by atoms with van der Waals surface area (Å²) in [6.45, 7) is 0. The molecule has 0 spiro atoms. The standard InChI is InChI=1S/C42H29NS/c1-4-13-30(14-5-1)32-23-25-35(26-24-32)43(36-20-12-19-34(27-36)31-15-6-2-7-16-31)37-28-39(33-17-8-3-9-18-33)42-40(29-37)38-21-10-11-22-41(38)44-42/h1-29H. The average Bonchev–Trinajstić information content (AvgIpc) is 3.48. The highest BCUT2D eigenvalue weighted by Gasteiger charge is 2.19. The normalized spacial score (nSPS) is 11.2. The molecule has 0 fully saturated rings. The fourth-order valence-electron chi connectivity index (χ4n) is 6.11. The SMILES string of the molecule is c1ccc(-c2ccc(N(c3cccc(-c4ccccc4)c3)c3cc(-c4ccccc4)c4sc5ccccc5c4c3)cc2)cc1. The molecule has 0 saturated carbocycles. The second-order valence-electron chi connectivity index (χ2n) is 11.0. The van der Waals surface area contributed by atoms with Crippen LogP contribution in [-0.2, 0) is 0 Å². The van der Waals surface area contributed by atoms with Crippen molar-refractivity contribution in [2.45, 2.75) is 0 Å². The van der Waals surface area contributed by atoms with E-state index in [2.05, 4.69) is 181 Å². The molecular formula is C42H29NS. The van der Waals surface area contributed by atoms with Gasteiger partial charge in [-0.1, -0.05) is 133 Å². The van der Waals surface area contributed by atoms with Crippen LogP contribution < -0.4 is 4.90 Å². The van der Waals surface area contributed by atoms with Gasteiger partial charge in [0.1, 0.15) is 0 Å². The van der Waals surface area contributed by atoms with Crippen LogP contribution in [0.5, 0.6) is 0 Å². The topological polar surface area (TPSA) is 3.24 Å². The second kappa shape index (κ2) is 11.3. The molecule has 0 aliphatic rings. The number of nitrogens with zero attached hydrogens (tertiary/aromatic N) is 1. The molecule has 2 heteroatoms. The molecule has 44 heavy (non-hydrogen) atoms. The smallest absolute Gasteiger partial charge is 0.0475 e. The van der Waals surface area contributed by atoms with Gasteiger partial charge in [0, 0.05) is 42.8 Å². The maximum Gasteiger partial charge on any atom is 0.0475 e. The molecule has 7 aromatic carbocycles. The van der Waals surface area contributed by atoms with E-state index in [-0.39, 0.29) is 0 Å². The van der Waals surface area contributed by atoms with Gasteiger partial charge in [-0.25, -0.2) is 0 Å². The lowest BCUT2D eigenvalue weighted by Crippen LogP contribution is -2.10. The molecule has 0 unspecified atom stereocenters. The Labute approximate surface area is 261 Å². The predicted molar refractivity (Wildman–Crippen MR) is 190 cm³/mol. The first kappa shape index (κ1) is 26.2. The lowest BCUT2D eigenvalue weighted by Gasteiger charge is -2.27. The summed E-state index contributed by atoms with van der Waals surface area (Å²) < 4.78 is 2.63. The average molecular weight is 580 g/mol. The summed E-state index contributed by atoms with van der Waals surface area (Å²) in [6.07, 6.45) is 0. The number of anilines is 3. The van der Waals surface area contributed by atoms with Crippen molar-refractivity contribution < 1.29 is 0 Å². The van der Waals surface area contributed by atoms with Gasteiger partial charge < -0.3 is 4.90 Å². The van der Waals surface area contributed by atoms with E-state index in [1.165, 1.54) is 53.6 Å². The highest BCUT2D eigenvalue weighted by Crippen LogP contribution is 2.46. The first-order chi connectivity index (χ1) is 21.8. The van der Waals surface area contributed by atoms with Crippen LogP contribution in [-0.4, -0.2) is 0 Å². The van der Waals surface area contributed by atoms with Gasteiger partial charge in [-0.15, -0.1) is 11.3 Å². The number of rotatable bonds is 6. The molecule has 1 heterocycles. The van der Waals surface area contributed by atoms with Crippen LogP contribution in [0.4, 0.5) is 17.1 Å². The monoisotopic (exact) mass is 579 g/mol. The third kappa shape index (κ3) is 4.86. The molecule has 0 aliphatic heterocycles. The van der Waals surface area contributed by atoms with E-state index in [0.717, 1.165) is 17.1 Å². The summed E-state index contributed by atoms with van der Waals surface area (Å²) in [6, 6.07) is 63.3. The van der Waals surface area contributed by atoms with E-state index in [4.69, 9.17) is 0 Å². The summed E-state index contributed by atoms with van der Waals surface area (Å²) in [7, 11) is 0. The van der Waals surface area contributed by atoms with Crippen LogP contribution in [0.15, 0.2) is 176 Å². The van der Waals surface area contributed by atoms with Crippen molar-refractivity contribution in [1.29, 1.82) is 0 Å². The molecule has 0 saturated heterocycles. The molecular weight excluding hydrogens is 551 g/mol. The van der Waals surface area contributed by atoms with E-state index >= 15 is 0 Å². The molecule has 8 rings (SSSR count). The lowest BCUT2D eigenvalue weighted by molar-refractivity contribution is 1.29. The fraction of sp³-hybridized carbons (Fsp3) is 0. The molecule has 1 aromatic heterocycles. The fourth-order valence-corrected chi connectivity index (χ4v) is 7.33. The van der Waals surface area contributed by atoms with Crippen molar-refractivity contribution in [3.63, 3.8) is 0 Å². The van der Waals surface area contributed by atoms with Gasteiger partial charge in [0.2, 0.25) is 0 Å². The quantitative estimate of drug-likeness (QED) is 0.189. The highest BCUT2D eigenvalue weighted by molar-refractivity contribution is 7.26. The van der Waals surface area contributed by atoms with Gasteiger partial charge in [0.05, 0.1) is 0 Å². The van der Waals surface area contributed by atoms with Crippen LogP contribution in [0.25, 0.3) is 53.6 Å². The Morgan fingerprint density at radius 3 is 1.61 bits per heavy atom. The molecule has 0 N–H and O–H groups in total. The minimum absolute atomic E-state index is 1.12. The Morgan fingerprint density at radius 2 is 0.909 bits per heavy atom. The minimum atomic E-state index is 1.12. The van der Waals surface area contributed by atoms with Gasteiger partial charge in [0.15, 0.2) is 0 Å². The molecule has 1 nitrogen and oxygen atoms in total. The maximum atomic E-state index is 2.40. The van der Waals surface area contributed by atoms with Gasteiger partial charge in [-0.3, -0.25) is 0 Å². The van der Waals surface area contributed by atoms with Crippen molar-refractivity contribution in [3.8, 4) is 33.4 Å². The van der Waals surface area contributed by atoms with Gasteiger partial charge >= 0.3 is 0 Å². The Morgan fingerprint density at radius 1 is 0.341 bits per heavy atom. The van der Waals surface area contributed by atoms with Gasteiger partial charge in [-0.05, 0) is 70.3 Å². The molecule has 0 amide bonds. The maximum absolute atomic E-state index is 2.40. The zero-order chi connectivity index (χ0) is 29.3. The van der Waals surface area contributed by atoms with Crippen molar-refractivity contribution in [3.05, 3.63) is 176 Å². The van der Waals surface area contributed by atoms with E-state index in [1.54, 1.807) is 0 Å². The van der Waals surface area contributed by atoms with Gasteiger partial charge in [0.25, 0.3) is 0 Å². The van der Waals surface area contributed by atoms with Crippen molar-refractivity contribution in [1.82, 2.24) is 0 Å². The first-order valence-corrected chi connectivity index (χ1v) is 15.8. The van der Waals surface area contributed by atoms with Crippen molar-refractivity contribution in [2.24, 2.45) is 0 Å². The molecule has 0 atom stereocenters. The molecule has 0 radical (unpaired) electrons. The Bertz CT molecular complexity index is 2200. The first-order valence-electron chi connectivity index (χ1n) is 14.9. The minimum Gasteiger partial charge on any atom is -0.310 e. The highest BCUT2D eigenvalue weighted by atomic mass is 32.1. The molecule has 0 bridgehead atoms. The lowest BCUT2D eigenvalue weighted by atomic mass is 9.99. The number of hydrogen-bond acceptors (Lipinski definition) is 2. The summed E-state index contributed by atoms with van der Waals surface area (Å²) in [5.41, 5.74) is 10.7. The van der Waals surface area contributed by atoms with Gasteiger partial charge in [-0.2, -0.15) is 0 Å². The van der Waals surface area contributed by atoms with Crippen LogP contribution in [0.3, 0.4) is 0 Å². The Kier molecular flexibility index (Phi) is 6.75. The van der Waals surface area contributed by atoms with Crippen LogP contribution >= 0.6 is 11.3 Å². The van der Waals surface area contributed by atoms with Crippen LogP contribution in [0, 0.1) is 0 Å². The molecule has 0 aliphatic carbocycles. The molecule has 208 valence electrons. The van der Waals surface area contributed by atoms with Crippen molar-refractivity contribution >= 4 is 48.6 Å². The van der Waals surface area contributed by atoms with Crippen LogP contribution in [0.2, 0.25) is 0 Å². The largest absolute Gasteiger partial charge is 0.310 e. The second-order valence-corrected chi connectivity index (χ2v) is 12.1. The number of benzene rings is 7. The Hall–Kier alpha value is -5.44. The van der Waals surface area contributed by atoms with Crippen LogP contribution in [0.1, 0.15) is 0 Å². The zero-order valence-corrected chi connectivity index (χ0v) is 24.9. The summed E-state index contributed by atoms with van der Waals surface area (Å²) in [5, 5.41) is 2.58. The number of hydrogen-bond donors (Lipinski definition) is 0. The summed E-state index contributed by atoms with van der Waals surface area (Å²) in [4.78, 5) is 2.40. The van der Waals surface area contributed by atoms with Crippen molar-refractivity contribution in [2.75, 3.05) is 4.90 Å². The third-order valence-electron chi connectivity index (χ3n) is 8.25. The van der Waals surface area contributed by atoms with E-state index in [1.807, 2.05) is 11.3 Å². The number of thiophene rings is 1. The zero-order valence-electron chi connectivity index (χ0n) is 24.1. The number of fused-ring (bicyclic) bond motifs is 3. The van der Waals surface area contributed by atoms with E-state index in [0.29, 0.717) is 0 Å². The molecule has 8 aromatic rings.